The summed E-state index contributed by atoms with van der Waals surface area (Å²) in [7, 11) is 0. The molecule has 0 N–H and O–H groups in total. The summed E-state index contributed by atoms with van der Waals surface area (Å²) in [5, 5.41) is 0. The highest BCUT2D eigenvalue weighted by Gasteiger charge is 2.14. The Balaban J connectivity index is 1.56. The smallest absolute Gasteiger partial charge is 0.343 e. The maximum atomic E-state index is 12.5. The minimum absolute atomic E-state index is 0.282. The highest BCUT2D eigenvalue weighted by atomic mass is 79.9. The highest BCUT2D eigenvalue weighted by Crippen LogP contribution is 2.27. The van der Waals surface area contributed by atoms with Crippen molar-refractivity contribution in [1.29, 1.82) is 0 Å². The Bertz CT molecular complexity index is 1040. The molecule has 0 amide bonds. The molecule has 31 heavy (non-hydrogen) atoms. The van der Waals surface area contributed by atoms with Crippen LogP contribution in [0.1, 0.15) is 27.6 Å². The van der Waals surface area contributed by atoms with Gasteiger partial charge in [-0.1, -0.05) is 24.3 Å². The Morgan fingerprint density at radius 3 is 2.16 bits per heavy atom. The van der Waals surface area contributed by atoms with Gasteiger partial charge in [-0.05, 0) is 71.4 Å². The lowest BCUT2D eigenvalue weighted by molar-refractivity contribution is 0.0526. The maximum Gasteiger partial charge on any atom is 0.343 e. The molecule has 0 bridgehead atoms. The molecule has 0 aliphatic heterocycles. The molecule has 0 aromatic heterocycles. The zero-order chi connectivity index (χ0) is 22.1. The zero-order valence-corrected chi connectivity index (χ0v) is 18.5. The zero-order valence-electron chi connectivity index (χ0n) is 16.9. The molecule has 0 aliphatic rings. The molecule has 160 valence electrons. The number of para-hydroxylation sites is 1. The van der Waals surface area contributed by atoms with Crippen LogP contribution in [0.4, 0.5) is 0 Å². The average molecular weight is 485 g/mol. The molecular weight excluding hydrogens is 464 g/mol. The third kappa shape index (κ3) is 6.58. The molecule has 7 heteroatoms. The van der Waals surface area contributed by atoms with Gasteiger partial charge in [0, 0.05) is 0 Å². The summed E-state index contributed by atoms with van der Waals surface area (Å²) in [6.45, 7) is 2.72. The van der Waals surface area contributed by atoms with Crippen molar-refractivity contribution in [3.8, 4) is 17.2 Å². The van der Waals surface area contributed by atoms with Gasteiger partial charge in [0.15, 0.2) is 0 Å². The molecule has 0 heterocycles. The number of rotatable bonds is 9. The van der Waals surface area contributed by atoms with Crippen molar-refractivity contribution in [1.82, 2.24) is 0 Å². The lowest BCUT2D eigenvalue weighted by atomic mass is 10.2. The van der Waals surface area contributed by atoms with Crippen LogP contribution in [-0.4, -0.2) is 31.8 Å². The van der Waals surface area contributed by atoms with Crippen molar-refractivity contribution in [3.05, 3.63) is 88.4 Å². The molecule has 0 spiro atoms. The van der Waals surface area contributed by atoms with Gasteiger partial charge in [-0.3, -0.25) is 0 Å². The number of carbonyl (C=O) groups is 2. The highest BCUT2D eigenvalue weighted by molar-refractivity contribution is 9.10. The molecule has 0 fully saturated rings. The van der Waals surface area contributed by atoms with Gasteiger partial charge in [0.25, 0.3) is 0 Å². The molecule has 0 radical (unpaired) electrons. The van der Waals surface area contributed by atoms with Crippen LogP contribution in [0.3, 0.4) is 0 Å². The van der Waals surface area contributed by atoms with Crippen LogP contribution in [0.5, 0.6) is 17.2 Å². The van der Waals surface area contributed by atoms with E-state index in [0.29, 0.717) is 40.3 Å². The normalized spacial score (nSPS) is 10.3. The summed E-state index contributed by atoms with van der Waals surface area (Å²) in [4.78, 5) is 24.3. The molecule has 0 saturated heterocycles. The quantitative estimate of drug-likeness (QED) is 0.233. The fourth-order valence-electron chi connectivity index (χ4n) is 2.63. The van der Waals surface area contributed by atoms with Crippen LogP contribution in [0.15, 0.2) is 77.3 Å². The standard InChI is InChI=1S/C24H21BrO6/c1-2-28-23(26)18-11-12-22(21(25)16-18)31-24(27)17-7-6-10-20(15-17)30-14-13-29-19-8-4-3-5-9-19/h3-12,15-16H,2,13-14H2,1H3. The first kappa shape index (κ1) is 22.4. The minimum atomic E-state index is -0.546. The summed E-state index contributed by atoms with van der Waals surface area (Å²) in [5.41, 5.74) is 0.699. The number of ether oxygens (including phenoxy) is 4. The first-order chi connectivity index (χ1) is 15.1. The van der Waals surface area contributed by atoms with E-state index in [1.807, 2.05) is 30.3 Å². The number of hydrogen-bond acceptors (Lipinski definition) is 6. The molecule has 0 aliphatic carbocycles. The molecule has 3 rings (SSSR count). The van der Waals surface area contributed by atoms with E-state index in [0.717, 1.165) is 5.75 Å². The van der Waals surface area contributed by atoms with Crippen molar-refractivity contribution in [2.45, 2.75) is 6.92 Å². The fraction of sp³-hybridized carbons (Fsp3) is 0.167. The van der Waals surface area contributed by atoms with Gasteiger partial charge in [-0.25, -0.2) is 9.59 Å². The SMILES string of the molecule is CCOC(=O)c1ccc(OC(=O)c2cccc(OCCOc3ccccc3)c2)c(Br)c1. The summed E-state index contributed by atoms with van der Waals surface area (Å²) in [6.07, 6.45) is 0. The summed E-state index contributed by atoms with van der Waals surface area (Å²) in [6, 6.07) is 20.8. The fourth-order valence-corrected chi connectivity index (χ4v) is 3.09. The van der Waals surface area contributed by atoms with Gasteiger partial charge in [0.05, 0.1) is 22.2 Å². The monoisotopic (exact) mass is 484 g/mol. The Kier molecular flexibility index (Phi) is 8.06. The van der Waals surface area contributed by atoms with Crippen molar-refractivity contribution in [3.63, 3.8) is 0 Å². The molecular formula is C24H21BrO6. The summed E-state index contributed by atoms with van der Waals surface area (Å²) in [5.74, 6) is 0.601. The van der Waals surface area contributed by atoms with E-state index in [9.17, 15) is 9.59 Å². The topological polar surface area (TPSA) is 71.1 Å². The first-order valence-corrected chi connectivity index (χ1v) is 10.5. The minimum Gasteiger partial charge on any atom is -0.490 e. The molecule has 0 unspecified atom stereocenters. The lowest BCUT2D eigenvalue weighted by Gasteiger charge is -2.10. The third-order valence-corrected chi connectivity index (χ3v) is 4.70. The van der Waals surface area contributed by atoms with Crippen molar-refractivity contribution >= 4 is 27.9 Å². The predicted octanol–water partition coefficient (Wildman–Crippen LogP) is 5.30. The number of halogens is 1. The molecule has 6 nitrogen and oxygen atoms in total. The lowest BCUT2D eigenvalue weighted by Crippen LogP contribution is -2.11. The number of esters is 2. The third-order valence-electron chi connectivity index (χ3n) is 4.08. The molecule has 3 aromatic rings. The maximum absolute atomic E-state index is 12.5. The molecule has 0 atom stereocenters. The van der Waals surface area contributed by atoms with Crippen LogP contribution in [0.25, 0.3) is 0 Å². The van der Waals surface area contributed by atoms with Gasteiger partial charge >= 0.3 is 11.9 Å². The van der Waals surface area contributed by atoms with E-state index in [-0.39, 0.29) is 6.61 Å². The largest absolute Gasteiger partial charge is 0.490 e. The van der Waals surface area contributed by atoms with E-state index in [2.05, 4.69) is 15.9 Å². The first-order valence-electron chi connectivity index (χ1n) is 9.66. The van der Waals surface area contributed by atoms with Gasteiger partial charge in [0.1, 0.15) is 30.5 Å². The second-order valence-corrected chi connectivity index (χ2v) is 7.15. The molecule has 0 saturated carbocycles. The molecule has 3 aromatic carbocycles. The average Bonchev–Trinajstić information content (AvgIpc) is 2.79. The van der Waals surface area contributed by atoms with E-state index in [4.69, 9.17) is 18.9 Å². The van der Waals surface area contributed by atoms with Crippen LogP contribution < -0.4 is 14.2 Å². The van der Waals surface area contributed by atoms with Gasteiger partial charge < -0.3 is 18.9 Å². The number of carbonyl (C=O) groups excluding carboxylic acids is 2. The van der Waals surface area contributed by atoms with Gasteiger partial charge in [-0.15, -0.1) is 0 Å². The van der Waals surface area contributed by atoms with Crippen LogP contribution in [-0.2, 0) is 4.74 Å². The second kappa shape index (κ2) is 11.2. The predicted molar refractivity (Wildman–Crippen MR) is 119 cm³/mol. The van der Waals surface area contributed by atoms with E-state index in [1.165, 1.54) is 12.1 Å². The van der Waals surface area contributed by atoms with Crippen LogP contribution >= 0.6 is 15.9 Å². The number of benzene rings is 3. The van der Waals surface area contributed by atoms with Crippen molar-refractivity contribution < 1.29 is 28.5 Å². The van der Waals surface area contributed by atoms with Crippen LogP contribution in [0, 0.1) is 0 Å². The van der Waals surface area contributed by atoms with E-state index in [1.54, 1.807) is 37.3 Å². The summed E-state index contributed by atoms with van der Waals surface area (Å²) < 4.78 is 22.1. The van der Waals surface area contributed by atoms with Crippen molar-refractivity contribution in [2.24, 2.45) is 0 Å². The van der Waals surface area contributed by atoms with Gasteiger partial charge in [-0.2, -0.15) is 0 Å². The summed E-state index contributed by atoms with van der Waals surface area (Å²) >= 11 is 3.32. The van der Waals surface area contributed by atoms with E-state index >= 15 is 0 Å². The Morgan fingerprint density at radius 1 is 0.774 bits per heavy atom. The van der Waals surface area contributed by atoms with Gasteiger partial charge in [0.2, 0.25) is 0 Å². The van der Waals surface area contributed by atoms with Crippen molar-refractivity contribution in [2.75, 3.05) is 19.8 Å². The number of hydrogen-bond donors (Lipinski definition) is 0. The van der Waals surface area contributed by atoms with E-state index < -0.39 is 11.9 Å². The Morgan fingerprint density at radius 2 is 1.45 bits per heavy atom. The Labute approximate surface area is 188 Å². The Hall–Kier alpha value is -3.32. The van der Waals surface area contributed by atoms with Crippen LogP contribution in [0.2, 0.25) is 0 Å². The second-order valence-electron chi connectivity index (χ2n) is 6.29.